The summed E-state index contributed by atoms with van der Waals surface area (Å²) in [6.45, 7) is 5.51. The van der Waals surface area contributed by atoms with Crippen LogP contribution in [0.25, 0.3) is 0 Å². The third-order valence-electron chi connectivity index (χ3n) is 5.48. The lowest BCUT2D eigenvalue weighted by atomic mass is 10.1. The third kappa shape index (κ3) is 3.87. The number of imidazole rings is 1. The number of amides is 2. The van der Waals surface area contributed by atoms with Gasteiger partial charge in [-0.15, -0.1) is 0 Å². The Morgan fingerprint density at radius 1 is 1.24 bits per heavy atom. The van der Waals surface area contributed by atoms with Gasteiger partial charge < -0.3 is 19.1 Å². The first-order chi connectivity index (χ1) is 14.1. The van der Waals surface area contributed by atoms with Gasteiger partial charge in [-0.1, -0.05) is 6.07 Å². The Hall–Kier alpha value is -3.18. The van der Waals surface area contributed by atoms with Crippen LogP contribution in [-0.2, 0) is 22.5 Å². The molecule has 2 aliphatic heterocycles. The Morgan fingerprint density at radius 2 is 2.03 bits per heavy atom. The fourth-order valence-electron chi connectivity index (χ4n) is 3.88. The zero-order chi connectivity index (χ0) is 20.4. The topological polar surface area (TPSA) is 91.5 Å². The van der Waals surface area contributed by atoms with Crippen molar-refractivity contribution >= 4 is 11.8 Å². The largest absolute Gasteiger partial charge is 0.378 e. The Kier molecular flexibility index (Phi) is 5.32. The monoisotopic (exact) mass is 393 g/mol. The molecule has 1 saturated heterocycles. The highest BCUT2D eigenvalue weighted by molar-refractivity contribution is 5.94. The number of carbonyl (C=O) groups excluding carboxylic acids is 2. The summed E-state index contributed by atoms with van der Waals surface area (Å²) in [6.07, 6.45) is 2.17. The van der Waals surface area contributed by atoms with Crippen molar-refractivity contribution in [2.75, 3.05) is 32.8 Å². The van der Waals surface area contributed by atoms with E-state index in [1.165, 1.54) is 0 Å². The predicted molar refractivity (Wildman–Crippen MR) is 104 cm³/mol. The molecular weight excluding hydrogens is 370 g/mol. The summed E-state index contributed by atoms with van der Waals surface area (Å²) in [5.41, 5.74) is 1.69. The van der Waals surface area contributed by atoms with Crippen LogP contribution in [0, 0.1) is 11.3 Å². The molecule has 0 saturated carbocycles. The van der Waals surface area contributed by atoms with Crippen molar-refractivity contribution in [2.24, 2.45) is 0 Å². The van der Waals surface area contributed by atoms with Gasteiger partial charge in [0, 0.05) is 37.9 Å². The number of hydrogen-bond acceptors (Lipinski definition) is 5. The summed E-state index contributed by atoms with van der Waals surface area (Å²) >= 11 is 0. The number of morpholine rings is 1. The van der Waals surface area contributed by atoms with E-state index < -0.39 is 0 Å². The van der Waals surface area contributed by atoms with Crippen LogP contribution < -0.4 is 0 Å². The quantitative estimate of drug-likeness (QED) is 0.786. The maximum atomic E-state index is 13.0. The number of nitrogens with zero attached hydrogens (tertiary/aromatic N) is 5. The van der Waals surface area contributed by atoms with E-state index in [0.717, 1.165) is 11.5 Å². The van der Waals surface area contributed by atoms with Crippen LogP contribution in [-0.4, -0.2) is 64.0 Å². The summed E-state index contributed by atoms with van der Waals surface area (Å²) in [5.74, 6) is 0.721. The molecular formula is C21H23N5O3. The molecule has 0 bridgehead atoms. The van der Waals surface area contributed by atoms with Gasteiger partial charge in [-0.2, -0.15) is 5.26 Å². The number of aromatic nitrogens is 2. The van der Waals surface area contributed by atoms with E-state index in [0.29, 0.717) is 50.5 Å². The Balaban J connectivity index is 1.49. The third-order valence-corrected chi connectivity index (χ3v) is 5.48. The molecule has 4 rings (SSSR count). The van der Waals surface area contributed by atoms with Crippen molar-refractivity contribution in [3.05, 3.63) is 53.1 Å². The Bertz CT molecular complexity index is 971. The van der Waals surface area contributed by atoms with Gasteiger partial charge in [-0.05, 0) is 25.1 Å². The van der Waals surface area contributed by atoms with E-state index in [1.807, 2.05) is 22.6 Å². The summed E-state index contributed by atoms with van der Waals surface area (Å²) in [6, 6.07) is 8.60. The molecule has 1 unspecified atom stereocenters. The van der Waals surface area contributed by atoms with E-state index in [2.05, 4.69) is 11.1 Å². The lowest BCUT2D eigenvalue weighted by molar-refractivity contribution is -0.134. The molecule has 150 valence electrons. The highest BCUT2D eigenvalue weighted by atomic mass is 16.5. The van der Waals surface area contributed by atoms with E-state index in [4.69, 9.17) is 10.00 Å². The highest BCUT2D eigenvalue weighted by Crippen LogP contribution is 2.26. The van der Waals surface area contributed by atoms with Gasteiger partial charge in [0.25, 0.3) is 5.91 Å². The van der Waals surface area contributed by atoms with Crippen molar-refractivity contribution < 1.29 is 14.3 Å². The zero-order valence-electron chi connectivity index (χ0n) is 16.4. The molecule has 1 fully saturated rings. The molecule has 0 N–H and O–H groups in total. The lowest BCUT2D eigenvalue weighted by Crippen LogP contribution is -2.41. The first-order valence-electron chi connectivity index (χ1n) is 9.79. The highest BCUT2D eigenvalue weighted by Gasteiger charge is 2.31. The van der Waals surface area contributed by atoms with Crippen LogP contribution in [0.1, 0.15) is 40.4 Å². The van der Waals surface area contributed by atoms with Gasteiger partial charge in [0.2, 0.25) is 5.91 Å². The van der Waals surface area contributed by atoms with E-state index >= 15 is 0 Å². The van der Waals surface area contributed by atoms with Gasteiger partial charge in [-0.25, -0.2) is 4.98 Å². The van der Waals surface area contributed by atoms with Crippen molar-refractivity contribution in [1.29, 1.82) is 5.26 Å². The van der Waals surface area contributed by atoms with Gasteiger partial charge in [0.15, 0.2) is 0 Å². The predicted octanol–water partition coefficient (Wildman–Crippen LogP) is 1.37. The number of ether oxygens (including phenoxy) is 1. The molecule has 1 atom stereocenters. The Morgan fingerprint density at radius 3 is 2.79 bits per heavy atom. The van der Waals surface area contributed by atoms with Gasteiger partial charge in [0.1, 0.15) is 5.82 Å². The van der Waals surface area contributed by atoms with Crippen molar-refractivity contribution in [3.8, 4) is 6.07 Å². The number of nitriles is 1. The molecule has 1 aromatic heterocycles. The van der Waals surface area contributed by atoms with Crippen LogP contribution in [0.5, 0.6) is 0 Å². The van der Waals surface area contributed by atoms with Gasteiger partial charge in [-0.3, -0.25) is 9.59 Å². The minimum atomic E-state index is -0.214. The smallest absolute Gasteiger partial charge is 0.254 e. The van der Waals surface area contributed by atoms with Gasteiger partial charge in [0.05, 0.1) is 43.0 Å². The lowest BCUT2D eigenvalue weighted by Gasteiger charge is -2.33. The fraction of sp³-hybridized carbons (Fsp3) is 0.429. The van der Waals surface area contributed by atoms with Crippen LogP contribution in [0.15, 0.2) is 30.5 Å². The summed E-state index contributed by atoms with van der Waals surface area (Å²) < 4.78 is 7.33. The molecule has 8 heteroatoms. The van der Waals surface area contributed by atoms with Crippen molar-refractivity contribution in [1.82, 2.24) is 19.4 Å². The van der Waals surface area contributed by atoms with Crippen LogP contribution in [0.2, 0.25) is 0 Å². The molecule has 0 radical (unpaired) electrons. The van der Waals surface area contributed by atoms with Crippen LogP contribution in [0.4, 0.5) is 0 Å². The second kappa shape index (κ2) is 8.05. The minimum Gasteiger partial charge on any atom is -0.378 e. The average Bonchev–Trinajstić information content (AvgIpc) is 3.17. The standard InChI is InChI=1S/C21H23N5O3/c1-15-20-23-18(12-19(27)24-7-9-29-10-8-24)14-25(20)5-6-26(15)21(28)17-4-2-3-16(11-17)13-22/h2-4,11,14-15H,5-10,12H2,1H3. The second-order valence-corrected chi connectivity index (χ2v) is 7.32. The maximum Gasteiger partial charge on any atom is 0.254 e. The van der Waals surface area contributed by atoms with Crippen molar-refractivity contribution in [3.63, 3.8) is 0 Å². The van der Waals surface area contributed by atoms with E-state index in [9.17, 15) is 9.59 Å². The molecule has 3 heterocycles. The summed E-state index contributed by atoms with van der Waals surface area (Å²) in [5, 5.41) is 9.08. The summed E-state index contributed by atoms with van der Waals surface area (Å²) in [7, 11) is 0. The summed E-state index contributed by atoms with van der Waals surface area (Å²) in [4.78, 5) is 33.7. The number of rotatable bonds is 3. The molecule has 29 heavy (non-hydrogen) atoms. The number of hydrogen-bond donors (Lipinski definition) is 0. The average molecular weight is 393 g/mol. The van der Waals surface area contributed by atoms with E-state index in [-0.39, 0.29) is 24.3 Å². The normalized spacial score (nSPS) is 18.8. The zero-order valence-corrected chi connectivity index (χ0v) is 16.4. The molecule has 8 nitrogen and oxygen atoms in total. The number of fused-ring (bicyclic) bond motifs is 1. The van der Waals surface area contributed by atoms with Crippen molar-refractivity contribution in [2.45, 2.75) is 25.9 Å². The minimum absolute atomic E-state index is 0.0534. The van der Waals surface area contributed by atoms with Crippen LogP contribution in [0.3, 0.4) is 0 Å². The number of carbonyl (C=O) groups is 2. The fourth-order valence-corrected chi connectivity index (χ4v) is 3.88. The van der Waals surface area contributed by atoms with Gasteiger partial charge >= 0.3 is 0 Å². The Labute approximate surface area is 169 Å². The SMILES string of the molecule is CC1c2nc(CC(=O)N3CCOCC3)cn2CCN1C(=O)c1cccc(C#N)c1. The van der Waals surface area contributed by atoms with Crippen LogP contribution >= 0.6 is 0 Å². The second-order valence-electron chi connectivity index (χ2n) is 7.32. The number of benzene rings is 1. The molecule has 2 amide bonds. The molecule has 0 aliphatic carbocycles. The molecule has 1 aromatic carbocycles. The first kappa shape index (κ1) is 19.2. The first-order valence-corrected chi connectivity index (χ1v) is 9.79. The molecule has 0 spiro atoms. The molecule has 2 aromatic rings. The maximum absolute atomic E-state index is 13.0. The molecule has 2 aliphatic rings. The van der Waals surface area contributed by atoms with E-state index in [1.54, 1.807) is 29.2 Å².